The molecule has 0 atom stereocenters. The fourth-order valence-electron chi connectivity index (χ4n) is 3.45. The summed E-state index contributed by atoms with van der Waals surface area (Å²) in [6, 6.07) is 16.1. The molecule has 0 bridgehead atoms. The summed E-state index contributed by atoms with van der Waals surface area (Å²) in [5.74, 6) is 0.334. The number of nitrogens with one attached hydrogen (secondary N) is 1. The van der Waals surface area contributed by atoms with Crippen LogP contribution in [0, 0.1) is 0 Å². The van der Waals surface area contributed by atoms with Crippen LogP contribution < -0.4 is 5.32 Å². The van der Waals surface area contributed by atoms with Gasteiger partial charge in [0.15, 0.2) is 0 Å². The van der Waals surface area contributed by atoms with E-state index in [-0.39, 0.29) is 5.91 Å². The summed E-state index contributed by atoms with van der Waals surface area (Å²) in [4.78, 5) is 15.1. The van der Waals surface area contributed by atoms with Gasteiger partial charge in [0.05, 0.1) is 0 Å². The second kappa shape index (κ2) is 8.30. The first-order chi connectivity index (χ1) is 12.1. The van der Waals surface area contributed by atoms with Gasteiger partial charge in [-0.15, -0.1) is 0 Å². The van der Waals surface area contributed by atoms with Gasteiger partial charge < -0.3 is 5.32 Å². The molecule has 1 heterocycles. The first-order valence-electron chi connectivity index (χ1n) is 9.35. The number of carbonyl (C=O) groups is 1. The number of amides is 1. The van der Waals surface area contributed by atoms with Crippen molar-refractivity contribution in [3.63, 3.8) is 0 Å². The zero-order chi connectivity index (χ0) is 17.6. The van der Waals surface area contributed by atoms with Gasteiger partial charge in [0, 0.05) is 17.8 Å². The summed E-state index contributed by atoms with van der Waals surface area (Å²) in [5, 5.41) is 3.06. The van der Waals surface area contributed by atoms with Crippen molar-refractivity contribution in [2.24, 2.45) is 0 Å². The second-order valence-corrected chi connectivity index (χ2v) is 7.23. The maximum Gasteiger partial charge on any atom is 0.255 e. The summed E-state index contributed by atoms with van der Waals surface area (Å²) in [6.07, 6.45) is 3.96. The third kappa shape index (κ3) is 4.70. The lowest BCUT2D eigenvalue weighted by atomic mass is 10.0. The first kappa shape index (κ1) is 17.7. The molecular weight excluding hydrogens is 308 g/mol. The Morgan fingerprint density at radius 3 is 2.36 bits per heavy atom. The van der Waals surface area contributed by atoms with Crippen LogP contribution in [-0.2, 0) is 6.54 Å². The quantitative estimate of drug-likeness (QED) is 0.829. The number of carbonyl (C=O) groups excluding carboxylic acids is 1. The summed E-state index contributed by atoms with van der Waals surface area (Å²) < 4.78 is 0. The monoisotopic (exact) mass is 336 g/mol. The standard InChI is InChI=1S/C22H28N2O/c1-17(2)20-8-4-5-9-21(20)23-22(25)19-12-10-18(11-13-19)16-24-14-6-3-7-15-24/h4-5,8-13,17H,3,6-7,14-16H2,1-2H3,(H,23,25). The lowest BCUT2D eigenvalue weighted by Crippen LogP contribution is -2.29. The summed E-state index contributed by atoms with van der Waals surface area (Å²) in [7, 11) is 0. The van der Waals surface area contributed by atoms with Crippen LogP contribution in [0.1, 0.15) is 60.5 Å². The van der Waals surface area contributed by atoms with E-state index in [1.807, 2.05) is 30.3 Å². The van der Waals surface area contributed by atoms with Crippen molar-refractivity contribution in [2.75, 3.05) is 18.4 Å². The van der Waals surface area contributed by atoms with Crippen molar-refractivity contribution in [1.29, 1.82) is 0 Å². The SMILES string of the molecule is CC(C)c1ccccc1NC(=O)c1ccc(CN2CCCCC2)cc1. The molecule has 0 saturated carbocycles. The Morgan fingerprint density at radius 2 is 1.68 bits per heavy atom. The zero-order valence-corrected chi connectivity index (χ0v) is 15.3. The molecule has 2 aromatic rings. The van der Waals surface area contributed by atoms with Gasteiger partial charge >= 0.3 is 0 Å². The van der Waals surface area contributed by atoms with Gasteiger partial charge in [0.1, 0.15) is 0 Å². The molecule has 2 aromatic carbocycles. The first-order valence-corrected chi connectivity index (χ1v) is 9.35. The maximum absolute atomic E-state index is 12.6. The van der Waals surface area contributed by atoms with Crippen molar-refractivity contribution < 1.29 is 4.79 Å². The van der Waals surface area contributed by atoms with E-state index in [2.05, 4.69) is 42.3 Å². The molecule has 0 unspecified atom stereocenters. The average Bonchev–Trinajstić information content (AvgIpc) is 2.63. The van der Waals surface area contributed by atoms with E-state index < -0.39 is 0 Å². The Labute approximate surface area is 151 Å². The van der Waals surface area contributed by atoms with Crippen molar-refractivity contribution in [2.45, 2.75) is 45.6 Å². The normalized spacial score (nSPS) is 15.3. The summed E-state index contributed by atoms with van der Waals surface area (Å²) >= 11 is 0. The van der Waals surface area contributed by atoms with Crippen molar-refractivity contribution in [3.8, 4) is 0 Å². The highest BCUT2D eigenvalue weighted by atomic mass is 16.1. The molecule has 1 amide bonds. The number of rotatable bonds is 5. The minimum Gasteiger partial charge on any atom is -0.322 e. The molecule has 0 radical (unpaired) electrons. The van der Waals surface area contributed by atoms with E-state index in [1.54, 1.807) is 0 Å². The number of hydrogen-bond donors (Lipinski definition) is 1. The Balaban J connectivity index is 1.65. The average molecular weight is 336 g/mol. The molecule has 132 valence electrons. The van der Waals surface area contributed by atoms with Crippen molar-refractivity contribution in [1.82, 2.24) is 4.90 Å². The van der Waals surface area contributed by atoms with Crippen LogP contribution in [0.15, 0.2) is 48.5 Å². The molecule has 1 saturated heterocycles. The van der Waals surface area contributed by atoms with Gasteiger partial charge in [-0.1, -0.05) is 50.6 Å². The molecule has 3 nitrogen and oxygen atoms in total. The molecule has 0 spiro atoms. The molecule has 1 aliphatic rings. The van der Waals surface area contributed by atoms with Crippen molar-refractivity contribution in [3.05, 3.63) is 65.2 Å². The lowest BCUT2D eigenvalue weighted by molar-refractivity contribution is 0.102. The van der Waals surface area contributed by atoms with Crippen LogP contribution in [0.4, 0.5) is 5.69 Å². The molecule has 1 aliphatic heterocycles. The third-order valence-electron chi connectivity index (χ3n) is 4.90. The van der Waals surface area contributed by atoms with Gasteiger partial charge in [-0.3, -0.25) is 9.69 Å². The Kier molecular flexibility index (Phi) is 5.87. The Bertz CT molecular complexity index is 700. The number of piperidine rings is 1. The van der Waals surface area contributed by atoms with E-state index in [0.29, 0.717) is 11.5 Å². The van der Waals surface area contributed by atoms with Crippen LogP contribution in [0.2, 0.25) is 0 Å². The number of anilines is 1. The van der Waals surface area contributed by atoms with Gasteiger partial charge in [-0.2, -0.15) is 0 Å². The summed E-state index contributed by atoms with van der Waals surface area (Å²) in [6.45, 7) is 7.64. The lowest BCUT2D eigenvalue weighted by Gasteiger charge is -2.26. The van der Waals surface area contributed by atoms with Crippen LogP contribution >= 0.6 is 0 Å². The molecule has 0 aliphatic carbocycles. The molecule has 1 N–H and O–H groups in total. The molecular formula is C22H28N2O. The molecule has 25 heavy (non-hydrogen) atoms. The van der Waals surface area contributed by atoms with Gasteiger partial charge in [-0.25, -0.2) is 0 Å². The van der Waals surface area contributed by atoms with Crippen LogP contribution in [0.25, 0.3) is 0 Å². The number of hydrogen-bond acceptors (Lipinski definition) is 2. The fourth-order valence-corrected chi connectivity index (χ4v) is 3.45. The fraction of sp³-hybridized carbons (Fsp3) is 0.409. The summed E-state index contributed by atoms with van der Waals surface area (Å²) in [5.41, 5.74) is 4.06. The minimum absolute atomic E-state index is 0.0439. The topological polar surface area (TPSA) is 32.3 Å². The van der Waals surface area contributed by atoms with E-state index in [4.69, 9.17) is 0 Å². The van der Waals surface area contributed by atoms with Gasteiger partial charge in [-0.05, 0) is 61.2 Å². The smallest absolute Gasteiger partial charge is 0.255 e. The second-order valence-electron chi connectivity index (χ2n) is 7.23. The predicted molar refractivity (Wildman–Crippen MR) is 104 cm³/mol. The van der Waals surface area contributed by atoms with Gasteiger partial charge in [0.2, 0.25) is 0 Å². The minimum atomic E-state index is -0.0439. The number of para-hydroxylation sites is 1. The molecule has 3 heteroatoms. The Hall–Kier alpha value is -2.13. The number of nitrogens with zero attached hydrogens (tertiary/aromatic N) is 1. The zero-order valence-electron chi connectivity index (χ0n) is 15.3. The van der Waals surface area contributed by atoms with Crippen LogP contribution in [0.5, 0.6) is 0 Å². The highest BCUT2D eigenvalue weighted by Gasteiger charge is 2.13. The highest BCUT2D eigenvalue weighted by molar-refractivity contribution is 6.04. The van der Waals surface area contributed by atoms with E-state index in [1.165, 1.54) is 37.9 Å². The van der Waals surface area contributed by atoms with Crippen molar-refractivity contribution >= 4 is 11.6 Å². The maximum atomic E-state index is 12.6. The third-order valence-corrected chi connectivity index (χ3v) is 4.90. The van der Waals surface area contributed by atoms with Gasteiger partial charge in [0.25, 0.3) is 5.91 Å². The van der Waals surface area contributed by atoms with E-state index in [9.17, 15) is 4.79 Å². The number of likely N-dealkylation sites (tertiary alicyclic amines) is 1. The molecule has 1 fully saturated rings. The number of benzene rings is 2. The molecule has 0 aromatic heterocycles. The predicted octanol–water partition coefficient (Wildman–Crippen LogP) is 5.05. The van der Waals surface area contributed by atoms with Crippen LogP contribution in [-0.4, -0.2) is 23.9 Å². The Morgan fingerprint density at radius 1 is 1.00 bits per heavy atom. The van der Waals surface area contributed by atoms with Crippen LogP contribution in [0.3, 0.4) is 0 Å². The van der Waals surface area contributed by atoms with E-state index >= 15 is 0 Å². The highest BCUT2D eigenvalue weighted by Crippen LogP contribution is 2.24. The largest absolute Gasteiger partial charge is 0.322 e. The molecule has 3 rings (SSSR count). The van der Waals surface area contributed by atoms with E-state index in [0.717, 1.165) is 17.8 Å².